The summed E-state index contributed by atoms with van der Waals surface area (Å²) in [6, 6.07) is 2.82. The van der Waals surface area contributed by atoms with E-state index in [0.717, 1.165) is 23.9 Å². The molecule has 1 saturated heterocycles. The van der Waals surface area contributed by atoms with Gasteiger partial charge in [0.2, 0.25) is 5.91 Å². The van der Waals surface area contributed by atoms with Gasteiger partial charge in [0.15, 0.2) is 0 Å². The summed E-state index contributed by atoms with van der Waals surface area (Å²) in [5.41, 5.74) is 0. The van der Waals surface area contributed by atoms with Crippen LogP contribution in [0.1, 0.15) is 13.3 Å². The fourth-order valence-corrected chi connectivity index (χ4v) is 3.24. The predicted octanol–water partition coefficient (Wildman–Crippen LogP) is 2.38. The molecular formula is C14H15F2NO3S. The van der Waals surface area contributed by atoms with Crippen LogP contribution in [-0.4, -0.2) is 40.2 Å². The van der Waals surface area contributed by atoms with Gasteiger partial charge in [-0.2, -0.15) is 0 Å². The van der Waals surface area contributed by atoms with Crippen molar-refractivity contribution in [3.05, 3.63) is 29.8 Å². The molecule has 1 aromatic rings. The molecule has 0 aromatic heterocycles. The molecule has 1 aliphatic rings. The van der Waals surface area contributed by atoms with Crippen molar-refractivity contribution in [3.63, 3.8) is 0 Å². The molecule has 1 aromatic carbocycles. The molecule has 1 amide bonds. The van der Waals surface area contributed by atoms with Gasteiger partial charge in [-0.3, -0.25) is 9.59 Å². The molecule has 114 valence electrons. The Morgan fingerprint density at radius 2 is 2.14 bits per heavy atom. The third-order valence-electron chi connectivity index (χ3n) is 3.64. The Morgan fingerprint density at radius 3 is 2.71 bits per heavy atom. The number of thioether (sulfide) groups is 1. The van der Waals surface area contributed by atoms with E-state index in [2.05, 4.69) is 0 Å². The number of halogens is 2. The summed E-state index contributed by atoms with van der Waals surface area (Å²) in [5.74, 6) is -3.07. The van der Waals surface area contributed by atoms with Crippen molar-refractivity contribution >= 4 is 23.6 Å². The van der Waals surface area contributed by atoms with E-state index in [4.69, 9.17) is 5.11 Å². The number of carbonyl (C=O) groups excluding carboxylic acids is 1. The number of carbonyl (C=O) groups is 2. The van der Waals surface area contributed by atoms with Gasteiger partial charge in [-0.25, -0.2) is 8.78 Å². The van der Waals surface area contributed by atoms with Crippen LogP contribution in [0, 0.1) is 17.6 Å². The van der Waals surface area contributed by atoms with Crippen molar-refractivity contribution < 1.29 is 23.5 Å². The van der Waals surface area contributed by atoms with Crippen molar-refractivity contribution in [3.8, 4) is 0 Å². The predicted molar refractivity (Wildman–Crippen MR) is 74.0 cm³/mol. The lowest BCUT2D eigenvalue weighted by Crippen LogP contribution is -2.38. The molecule has 1 N–H and O–H groups in total. The van der Waals surface area contributed by atoms with Gasteiger partial charge in [0.1, 0.15) is 11.6 Å². The van der Waals surface area contributed by atoms with Gasteiger partial charge in [0, 0.05) is 23.5 Å². The first-order valence-corrected chi connectivity index (χ1v) is 7.49. The fourth-order valence-electron chi connectivity index (χ4n) is 2.44. The summed E-state index contributed by atoms with van der Waals surface area (Å²) in [6.07, 6.45) is 0.428. The number of amides is 1. The molecule has 1 fully saturated rings. The fraction of sp³-hybridized carbons (Fsp3) is 0.429. The molecule has 0 spiro atoms. The van der Waals surface area contributed by atoms with Gasteiger partial charge >= 0.3 is 5.97 Å². The number of rotatable bonds is 4. The molecule has 1 heterocycles. The summed E-state index contributed by atoms with van der Waals surface area (Å²) in [4.78, 5) is 24.8. The SMILES string of the molecule is CC1C(C(=O)O)CCN1C(=O)CSc1ccc(F)cc1F. The molecule has 2 rings (SSSR count). The van der Waals surface area contributed by atoms with E-state index in [-0.39, 0.29) is 22.6 Å². The maximum absolute atomic E-state index is 13.5. The van der Waals surface area contributed by atoms with E-state index in [9.17, 15) is 18.4 Å². The first-order chi connectivity index (χ1) is 9.90. The topological polar surface area (TPSA) is 57.6 Å². The summed E-state index contributed by atoms with van der Waals surface area (Å²) >= 11 is 0.982. The summed E-state index contributed by atoms with van der Waals surface area (Å²) in [6.45, 7) is 2.09. The van der Waals surface area contributed by atoms with Crippen LogP contribution in [0.3, 0.4) is 0 Å². The highest BCUT2D eigenvalue weighted by atomic mass is 32.2. The van der Waals surface area contributed by atoms with Crippen molar-refractivity contribution in [1.29, 1.82) is 0 Å². The van der Waals surface area contributed by atoms with Crippen LogP contribution in [0.4, 0.5) is 8.78 Å². The highest BCUT2D eigenvalue weighted by Crippen LogP contribution is 2.27. The second kappa shape index (κ2) is 6.43. The minimum atomic E-state index is -0.907. The molecular weight excluding hydrogens is 300 g/mol. The summed E-state index contributed by atoms with van der Waals surface area (Å²) in [7, 11) is 0. The van der Waals surface area contributed by atoms with E-state index in [1.54, 1.807) is 6.92 Å². The lowest BCUT2D eigenvalue weighted by Gasteiger charge is -2.23. The normalized spacial score (nSPS) is 21.6. The largest absolute Gasteiger partial charge is 0.481 e. The van der Waals surface area contributed by atoms with E-state index in [1.165, 1.54) is 11.0 Å². The number of carboxylic acids is 1. The second-order valence-electron chi connectivity index (χ2n) is 4.92. The molecule has 0 aliphatic carbocycles. The smallest absolute Gasteiger partial charge is 0.308 e. The number of carboxylic acid groups (broad SMARTS) is 1. The molecule has 7 heteroatoms. The number of nitrogens with zero attached hydrogens (tertiary/aromatic N) is 1. The number of hydrogen-bond acceptors (Lipinski definition) is 3. The Bertz CT molecular complexity index is 567. The average molecular weight is 315 g/mol. The van der Waals surface area contributed by atoms with E-state index < -0.39 is 23.5 Å². The van der Waals surface area contributed by atoms with Crippen molar-refractivity contribution in [2.24, 2.45) is 5.92 Å². The number of hydrogen-bond donors (Lipinski definition) is 1. The number of benzene rings is 1. The van der Waals surface area contributed by atoms with Gasteiger partial charge in [-0.1, -0.05) is 0 Å². The van der Waals surface area contributed by atoms with E-state index in [0.29, 0.717) is 13.0 Å². The van der Waals surface area contributed by atoms with Crippen LogP contribution in [0.25, 0.3) is 0 Å². The molecule has 1 aliphatic heterocycles. The van der Waals surface area contributed by atoms with E-state index >= 15 is 0 Å². The minimum absolute atomic E-state index is 0.000762. The van der Waals surface area contributed by atoms with Crippen LogP contribution in [-0.2, 0) is 9.59 Å². The van der Waals surface area contributed by atoms with Crippen molar-refractivity contribution in [2.75, 3.05) is 12.3 Å². The Kier molecular flexibility index (Phi) is 4.82. The minimum Gasteiger partial charge on any atom is -0.481 e. The van der Waals surface area contributed by atoms with Crippen molar-refractivity contribution in [1.82, 2.24) is 4.90 Å². The van der Waals surface area contributed by atoms with Crippen molar-refractivity contribution in [2.45, 2.75) is 24.3 Å². The molecule has 2 atom stereocenters. The lowest BCUT2D eigenvalue weighted by molar-refractivity contribution is -0.142. The zero-order valence-corrected chi connectivity index (χ0v) is 12.2. The highest BCUT2D eigenvalue weighted by Gasteiger charge is 2.37. The maximum atomic E-state index is 13.5. The molecule has 0 bridgehead atoms. The van der Waals surface area contributed by atoms with Crippen LogP contribution < -0.4 is 0 Å². The zero-order valence-electron chi connectivity index (χ0n) is 11.4. The zero-order chi connectivity index (χ0) is 15.6. The summed E-state index contributed by atoms with van der Waals surface area (Å²) < 4.78 is 26.2. The van der Waals surface area contributed by atoms with Crippen LogP contribution in [0.15, 0.2) is 23.1 Å². The van der Waals surface area contributed by atoms with Gasteiger partial charge in [-0.15, -0.1) is 11.8 Å². The monoisotopic (exact) mass is 315 g/mol. The molecule has 21 heavy (non-hydrogen) atoms. The Morgan fingerprint density at radius 1 is 1.43 bits per heavy atom. The Balaban J connectivity index is 1.95. The molecule has 4 nitrogen and oxygen atoms in total. The lowest BCUT2D eigenvalue weighted by atomic mass is 10.0. The Hall–Kier alpha value is -1.63. The molecule has 2 unspecified atom stereocenters. The van der Waals surface area contributed by atoms with Gasteiger partial charge in [0.05, 0.1) is 11.7 Å². The van der Waals surface area contributed by atoms with Gasteiger partial charge < -0.3 is 10.0 Å². The number of likely N-dealkylation sites (tertiary alicyclic amines) is 1. The third-order valence-corrected chi connectivity index (χ3v) is 4.67. The second-order valence-corrected chi connectivity index (χ2v) is 5.94. The van der Waals surface area contributed by atoms with Gasteiger partial charge in [0.25, 0.3) is 0 Å². The molecule has 0 saturated carbocycles. The van der Waals surface area contributed by atoms with Crippen LogP contribution in [0.5, 0.6) is 0 Å². The molecule has 0 radical (unpaired) electrons. The average Bonchev–Trinajstić information content (AvgIpc) is 2.79. The first kappa shape index (κ1) is 15.8. The van der Waals surface area contributed by atoms with Crippen LogP contribution >= 0.6 is 11.8 Å². The van der Waals surface area contributed by atoms with E-state index in [1.807, 2.05) is 0 Å². The highest BCUT2D eigenvalue weighted by molar-refractivity contribution is 8.00. The van der Waals surface area contributed by atoms with Gasteiger partial charge in [-0.05, 0) is 25.5 Å². The quantitative estimate of drug-likeness (QED) is 0.867. The van der Waals surface area contributed by atoms with Crippen LogP contribution in [0.2, 0.25) is 0 Å². The number of aliphatic carboxylic acids is 1. The maximum Gasteiger partial charge on any atom is 0.308 e. The first-order valence-electron chi connectivity index (χ1n) is 6.50. The standard InChI is InChI=1S/C14H15F2NO3S/c1-8-10(14(19)20)4-5-17(8)13(18)7-21-12-3-2-9(15)6-11(12)16/h2-3,6,8,10H,4-5,7H2,1H3,(H,19,20). The third kappa shape index (κ3) is 3.53. The summed E-state index contributed by atoms with van der Waals surface area (Å²) in [5, 5.41) is 9.03. The Labute approximate surface area is 125 Å².